The van der Waals surface area contributed by atoms with E-state index in [0.29, 0.717) is 6.42 Å². The van der Waals surface area contributed by atoms with E-state index in [0.717, 1.165) is 109 Å². The van der Waals surface area contributed by atoms with E-state index < -0.39 is 26.5 Å². The minimum atomic E-state index is -4.40. The van der Waals surface area contributed by atoms with Crippen molar-refractivity contribution < 1.29 is 37.6 Å². The van der Waals surface area contributed by atoms with Crippen LogP contribution in [0.3, 0.4) is 0 Å². The number of rotatable bonds is 51. The van der Waals surface area contributed by atoms with Crippen molar-refractivity contribution in [2.24, 2.45) is 5.73 Å². The van der Waals surface area contributed by atoms with Gasteiger partial charge in [-0.05, 0) is 83.5 Å². The normalized spacial score (nSPS) is 13.9. The van der Waals surface area contributed by atoms with Gasteiger partial charge in [0.05, 0.1) is 13.2 Å². The Labute approximate surface area is 429 Å². The minimum absolute atomic E-state index is 0.0455. The van der Waals surface area contributed by atoms with Crippen LogP contribution >= 0.6 is 7.82 Å². The van der Waals surface area contributed by atoms with Gasteiger partial charge in [-0.1, -0.05) is 239 Å². The van der Waals surface area contributed by atoms with Crippen LogP contribution in [0.1, 0.15) is 226 Å². The molecule has 70 heavy (non-hydrogen) atoms. The molecule has 0 aliphatic rings. The minimum Gasteiger partial charge on any atom is -0.462 e. The average Bonchev–Trinajstić information content (AvgIpc) is 3.35. The number of nitrogens with two attached hydrogens (primary N) is 1. The van der Waals surface area contributed by atoms with Gasteiger partial charge < -0.3 is 20.1 Å². The fourth-order valence-corrected chi connectivity index (χ4v) is 8.10. The molecule has 400 valence electrons. The molecule has 0 fully saturated rings. The molecule has 0 aromatic rings. The van der Waals surface area contributed by atoms with Crippen LogP contribution in [0, 0.1) is 0 Å². The van der Waals surface area contributed by atoms with Gasteiger partial charge >= 0.3 is 19.8 Å². The van der Waals surface area contributed by atoms with Gasteiger partial charge in [-0.2, -0.15) is 0 Å². The van der Waals surface area contributed by atoms with Gasteiger partial charge in [0, 0.05) is 19.4 Å². The number of carbonyl (C=O) groups excluding carboxylic acids is 2. The molecule has 0 aliphatic heterocycles. The number of ether oxygens (including phenoxy) is 2. The maximum atomic E-state index is 12.7. The molecule has 10 heteroatoms. The highest BCUT2D eigenvalue weighted by atomic mass is 31.2. The van der Waals surface area contributed by atoms with Crippen LogP contribution in [0.15, 0.2) is 109 Å². The van der Waals surface area contributed by atoms with Crippen molar-refractivity contribution in [3.8, 4) is 0 Å². The predicted octanol–water partition coefficient (Wildman–Crippen LogP) is 17.5. The van der Waals surface area contributed by atoms with Crippen LogP contribution in [-0.4, -0.2) is 49.3 Å². The lowest BCUT2D eigenvalue weighted by Crippen LogP contribution is -2.29. The lowest BCUT2D eigenvalue weighted by molar-refractivity contribution is -0.161. The van der Waals surface area contributed by atoms with E-state index in [4.69, 9.17) is 24.3 Å². The Morgan fingerprint density at radius 3 is 1.17 bits per heavy atom. The molecular weight excluding hydrogens is 894 g/mol. The van der Waals surface area contributed by atoms with Gasteiger partial charge in [-0.3, -0.25) is 18.6 Å². The summed E-state index contributed by atoms with van der Waals surface area (Å²) in [6.45, 7) is 3.61. The number of carbonyl (C=O) groups is 2. The largest absolute Gasteiger partial charge is 0.472 e. The molecular formula is C60H102NO8P. The van der Waals surface area contributed by atoms with Crippen molar-refractivity contribution >= 4 is 19.8 Å². The van der Waals surface area contributed by atoms with E-state index in [-0.39, 0.29) is 38.6 Å². The number of hydrogen-bond acceptors (Lipinski definition) is 8. The Morgan fingerprint density at radius 1 is 0.443 bits per heavy atom. The zero-order valence-corrected chi connectivity index (χ0v) is 45.4. The van der Waals surface area contributed by atoms with Gasteiger partial charge in [0.2, 0.25) is 0 Å². The highest BCUT2D eigenvalue weighted by Crippen LogP contribution is 2.43. The number of allylic oxidation sites excluding steroid dienone is 18. The van der Waals surface area contributed by atoms with E-state index in [2.05, 4.69) is 123 Å². The smallest absolute Gasteiger partial charge is 0.462 e. The summed E-state index contributed by atoms with van der Waals surface area (Å²) in [5.41, 5.74) is 5.37. The molecule has 0 radical (unpaired) electrons. The van der Waals surface area contributed by atoms with E-state index in [1.807, 2.05) is 0 Å². The average molecular weight is 996 g/mol. The summed E-state index contributed by atoms with van der Waals surface area (Å²) in [5.74, 6) is -0.852. The van der Waals surface area contributed by atoms with Crippen molar-refractivity contribution in [2.75, 3.05) is 26.4 Å². The molecule has 0 saturated heterocycles. The Bertz CT molecular complexity index is 1510. The van der Waals surface area contributed by atoms with Crippen LogP contribution in [0.2, 0.25) is 0 Å². The Morgan fingerprint density at radius 2 is 0.786 bits per heavy atom. The topological polar surface area (TPSA) is 134 Å². The van der Waals surface area contributed by atoms with Crippen molar-refractivity contribution in [3.05, 3.63) is 109 Å². The molecule has 0 aliphatic carbocycles. The summed E-state index contributed by atoms with van der Waals surface area (Å²) < 4.78 is 33.0. The second-order valence-corrected chi connectivity index (χ2v) is 19.5. The van der Waals surface area contributed by atoms with Crippen molar-refractivity contribution in [1.29, 1.82) is 0 Å². The highest BCUT2D eigenvalue weighted by Gasteiger charge is 2.26. The first-order chi connectivity index (χ1) is 34.3. The maximum Gasteiger partial charge on any atom is 0.472 e. The molecule has 0 spiro atoms. The third-order valence-corrected chi connectivity index (χ3v) is 12.4. The predicted molar refractivity (Wildman–Crippen MR) is 298 cm³/mol. The molecule has 0 aromatic heterocycles. The maximum absolute atomic E-state index is 12.7. The van der Waals surface area contributed by atoms with E-state index in [1.54, 1.807) is 0 Å². The number of hydrogen-bond donors (Lipinski definition) is 2. The van der Waals surface area contributed by atoms with E-state index in [1.165, 1.54) is 83.5 Å². The molecule has 2 atom stereocenters. The standard InChI is InChI=1S/C60H102NO8P/c1-3-5-7-9-11-13-15-17-19-21-22-23-24-25-26-27-28-29-30-31-32-33-34-35-36-37-39-41-43-45-47-49-51-53-60(63)69-58(57-68-70(64,65)67-55-54-61)56-66-59(62)52-50-48-46-44-42-40-38-20-18-16-14-12-10-8-6-4-2/h5,7,11,13,17,19,22-23,25-26,28-29,31-32,34-35,37,39,58H,3-4,6,8-10,12,14-16,18,20-21,24,27,30,33,36,38,40-57,61H2,1-2H3,(H,64,65)/b7-5-,13-11-,19-17-,23-22-,26-25-,29-28-,32-31-,35-34-,39-37-. The number of phosphoric acid groups is 1. The van der Waals surface area contributed by atoms with Crippen LogP contribution < -0.4 is 5.73 Å². The van der Waals surface area contributed by atoms with Gasteiger partial charge in [0.15, 0.2) is 6.10 Å². The molecule has 0 heterocycles. The first kappa shape index (κ1) is 66.7. The van der Waals surface area contributed by atoms with Crippen LogP contribution in [0.25, 0.3) is 0 Å². The summed E-state index contributed by atoms with van der Waals surface area (Å²) in [5, 5.41) is 0. The molecule has 0 bridgehead atoms. The number of phosphoric ester groups is 1. The molecule has 0 saturated carbocycles. The highest BCUT2D eigenvalue weighted by molar-refractivity contribution is 7.47. The van der Waals surface area contributed by atoms with E-state index >= 15 is 0 Å². The van der Waals surface area contributed by atoms with Crippen molar-refractivity contribution in [3.63, 3.8) is 0 Å². The first-order valence-electron chi connectivity index (χ1n) is 27.9. The summed E-state index contributed by atoms with van der Waals surface area (Å²) in [6, 6.07) is 0. The zero-order valence-electron chi connectivity index (χ0n) is 44.5. The second-order valence-electron chi connectivity index (χ2n) is 18.1. The third kappa shape index (κ3) is 54.0. The van der Waals surface area contributed by atoms with Crippen molar-refractivity contribution in [2.45, 2.75) is 232 Å². The van der Waals surface area contributed by atoms with Gasteiger partial charge in [-0.25, -0.2) is 4.57 Å². The number of unbranched alkanes of at least 4 members (excludes halogenated alkanes) is 20. The fourth-order valence-electron chi connectivity index (χ4n) is 7.33. The van der Waals surface area contributed by atoms with Crippen LogP contribution in [0.5, 0.6) is 0 Å². The SMILES string of the molecule is CC/C=C\C/C=C\C/C=C\C/C=C\C/C=C\C/C=C\C/C=C\C/C=C\C/C=C\CCCCCCCC(=O)OC(COC(=O)CCCCCCCCCCCCCCCCCC)COP(=O)(O)OCCN. The van der Waals surface area contributed by atoms with Gasteiger partial charge in [0.1, 0.15) is 6.61 Å². The molecule has 3 N–H and O–H groups in total. The summed E-state index contributed by atoms with van der Waals surface area (Å²) in [6.07, 6.45) is 74.2. The second kappa shape index (κ2) is 55.0. The summed E-state index contributed by atoms with van der Waals surface area (Å²) in [7, 11) is -4.40. The molecule has 0 amide bonds. The van der Waals surface area contributed by atoms with E-state index in [9.17, 15) is 19.0 Å². The Kier molecular flexibility index (Phi) is 52.4. The van der Waals surface area contributed by atoms with Crippen LogP contribution in [0.4, 0.5) is 0 Å². The lowest BCUT2D eigenvalue weighted by atomic mass is 10.0. The fraction of sp³-hybridized carbons (Fsp3) is 0.667. The van der Waals surface area contributed by atoms with Gasteiger partial charge in [0.25, 0.3) is 0 Å². The summed E-state index contributed by atoms with van der Waals surface area (Å²) in [4.78, 5) is 35.1. The summed E-state index contributed by atoms with van der Waals surface area (Å²) >= 11 is 0. The Hall–Kier alpha value is -3.33. The molecule has 0 rings (SSSR count). The molecule has 0 aromatic carbocycles. The molecule has 9 nitrogen and oxygen atoms in total. The van der Waals surface area contributed by atoms with Crippen LogP contribution in [-0.2, 0) is 32.7 Å². The third-order valence-electron chi connectivity index (χ3n) is 11.4. The number of esters is 2. The molecule has 2 unspecified atom stereocenters. The lowest BCUT2D eigenvalue weighted by Gasteiger charge is -2.19. The first-order valence-corrected chi connectivity index (χ1v) is 29.4. The van der Waals surface area contributed by atoms with Gasteiger partial charge in [-0.15, -0.1) is 0 Å². The zero-order chi connectivity index (χ0) is 51.0. The monoisotopic (exact) mass is 996 g/mol. The van der Waals surface area contributed by atoms with Crippen molar-refractivity contribution in [1.82, 2.24) is 0 Å². The quantitative estimate of drug-likeness (QED) is 0.0264. The Balaban J connectivity index is 4.08.